The molecule has 1 aliphatic heterocycles. The number of carbonyl (C=O) groups is 1. The van der Waals surface area contributed by atoms with Crippen LogP contribution in [0.3, 0.4) is 0 Å². The van der Waals surface area contributed by atoms with E-state index in [1.807, 2.05) is 0 Å². The van der Waals surface area contributed by atoms with Crippen LogP contribution in [-0.4, -0.2) is 45.7 Å². The van der Waals surface area contributed by atoms with E-state index in [4.69, 9.17) is 4.74 Å². The first-order valence-electron chi connectivity index (χ1n) is 9.19. The molecule has 0 saturated carbocycles. The second kappa shape index (κ2) is 9.07. The van der Waals surface area contributed by atoms with Gasteiger partial charge in [-0.3, -0.25) is 4.79 Å². The summed E-state index contributed by atoms with van der Waals surface area (Å²) in [6.45, 7) is 3.86. The molecule has 28 heavy (non-hydrogen) atoms. The molecular weight excluding hydrogens is 371 g/mol. The van der Waals surface area contributed by atoms with Crippen LogP contribution >= 0.6 is 0 Å². The van der Waals surface area contributed by atoms with Crippen LogP contribution in [0.25, 0.3) is 0 Å². The lowest BCUT2D eigenvalue weighted by molar-refractivity contribution is -1.02. The molecule has 0 bridgehead atoms. The number of para-hydroxylation sites is 1. The first-order valence-corrected chi connectivity index (χ1v) is 9.19. The van der Waals surface area contributed by atoms with Crippen molar-refractivity contribution in [2.45, 2.75) is 6.54 Å². The second-order valence-electron chi connectivity index (χ2n) is 6.95. The Morgan fingerprint density at radius 1 is 1.04 bits per heavy atom. The van der Waals surface area contributed by atoms with Gasteiger partial charge >= 0.3 is 0 Å². The third kappa shape index (κ3) is 5.02. The highest BCUT2D eigenvalue weighted by Crippen LogP contribution is 2.18. The minimum atomic E-state index is -0.790. The van der Waals surface area contributed by atoms with Gasteiger partial charge in [-0.1, -0.05) is 6.07 Å². The third-order valence-electron chi connectivity index (χ3n) is 4.98. The third-order valence-corrected chi connectivity index (χ3v) is 4.98. The zero-order valence-electron chi connectivity index (χ0n) is 15.7. The molecule has 2 aromatic rings. The lowest BCUT2D eigenvalue weighted by atomic mass is 10.1. The zero-order chi connectivity index (χ0) is 20.1. The fourth-order valence-corrected chi connectivity index (χ4v) is 3.49. The molecule has 0 spiro atoms. The number of rotatable bonds is 6. The number of hydrogen-bond acceptors (Lipinski definition) is 2. The molecule has 1 aliphatic rings. The summed E-state index contributed by atoms with van der Waals surface area (Å²) in [5.41, 5.74) is 0.406. The van der Waals surface area contributed by atoms with E-state index >= 15 is 0 Å². The van der Waals surface area contributed by atoms with Crippen LogP contribution in [0.2, 0.25) is 0 Å². The lowest BCUT2D eigenvalue weighted by Gasteiger charge is -2.29. The Morgan fingerprint density at radius 2 is 1.68 bits per heavy atom. The van der Waals surface area contributed by atoms with E-state index < -0.39 is 23.2 Å². The van der Waals surface area contributed by atoms with E-state index in [0.29, 0.717) is 12.3 Å². The van der Waals surface area contributed by atoms with E-state index in [1.54, 1.807) is 13.2 Å². The summed E-state index contributed by atoms with van der Waals surface area (Å²) in [5, 5.41) is 2.32. The number of amides is 1. The van der Waals surface area contributed by atoms with Crippen LogP contribution in [0.5, 0.6) is 5.75 Å². The van der Waals surface area contributed by atoms with Gasteiger partial charge < -0.3 is 19.9 Å². The Balaban J connectivity index is 1.50. The van der Waals surface area contributed by atoms with Gasteiger partial charge in [-0.15, -0.1) is 0 Å². The average molecular weight is 395 g/mol. The largest absolute Gasteiger partial charge is 0.496 e. The van der Waals surface area contributed by atoms with Gasteiger partial charge in [0.15, 0.2) is 6.54 Å². The van der Waals surface area contributed by atoms with Gasteiger partial charge in [0.05, 0.1) is 12.7 Å². The first-order chi connectivity index (χ1) is 13.5. The van der Waals surface area contributed by atoms with Crippen LogP contribution in [-0.2, 0) is 11.3 Å². The van der Waals surface area contributed by atoms with Crippen molar-refractivity contribution in [1.29, 1.82) is 0 Å². The monoisotopic (exact) mass is 395 g/mol. The van der Waals surface area contributed by atoms with Crippen LogP contribution in [0, 0.1) is 17.5 Å². The van der Waals surface area contributed by atoms with Crippen molar-refractivity contribution in [3.05, 3.63) is 59.4 Å². The molecule has 1 amide bonds. The fraction of sp³-hybridized carbons (Fsp3) is 0.350. The summed E-state index contributed by atoms with van der Waals surface area (Å²) in [6, 6.07) is 7.94. The Morgan fingerprint density at radius 3 is 2.32 bits per heavy atom. The molecule has 150 valence electrons. The molecule has 1 saturated heterocycles. The summed E-state index contributed by atoms with van der Waals surface area (Å²) < 4.78 is 46.1. The van der Waals surface area contributed by atoms with E-state index in [2.05, 4.69) is 5.32 Å². The van der Waals surface area contributed by atoms with Crippen molar-refractivity contribution < 1.29 is 32.5 Å². The minimum absolute atomic E-state index is 0.143. The molecule has 1 heterocycles. The molecule has 0 radical (unpaired) electrons. The van der Waals surface area contributed by atoms with Crippen molar-refractivity contribution in [2.24, 2.45) is 0 Å². The van der Waals surface area contributed by atoms with Crippen LogP contribution in [0.1, 0.15) is 5.56 Å². The lowest BCUT2D eigenvalue weighted by Crippen LogP contribution is -3.28. The quantitative estimate of drug-likeness (QED) is 0.647. The Bertz CT molecular complexity index is 819. The van der Waals surface area contributed by atoms with Crippen molar-refractivity contribution in [1.82, 2.24) is 0 Å². The predicted molar refractivity (Wildman–Crippen MR) is 97.9 cm³/mol. The summed E-state index contributed by atoms with van der Waals surface area (Å²) >= 11 is 0. The number of nitrogens with one attached hydrogen (secondary N) is 3. The summed E-state index contributed by atoms with van der Waals surface area (Å²) in [6.07, 6.45) is 0. The molecule has 5 nitrogen and oxygen atoms in total. The van der Waals surface area contributed by atoms with Crippen molar-refractivity contribution in [3.8, 4) is 5.75 Å². The van der Waals surface area contributed by atoms with Gasteiger partial charge in [0.1, 0.15) is 61.6 Å². The SMILES string of the molecule is COc1ccc(F)cc1C[NH+]1CC[NH+](CC(=O)Nc2c(F)cccc2F)CC1. The molecule has 0 unspecified atom stereocenters. The van der Waals surface area contributed by atoms with Gasteiger partial charge in [0.2, 0.25) is 0 Å². The van der Waals surface area contributed by atoms with Gasteiger partial charge in [0, 0.05) is 0 Å². The highest BCUT2D eigenvalue weighted by Gasteiger charge is 2.26. The summed E-state index contributed by atoms with van der Waals surface area (Å²) in [5.74, 6) is -1.64. The molecule has 2 aromatic carbocycles. The normalized spacial score (nSPS) is 19.3. The fourth-order valence-electron chi connectivity index (χ4n) is 3.49. The molecule has 0 aromatic heterocycles. The number of piperazine rings is 1. The Labute approximate surface area is 161 Å². The van der Waals surface area contributed by atoms with E-state index in [1.165, 1.54) is 23.1 Å². The molecule has 0 aliphatic carbocycles. The number of quaternary nitrogens is 2. The second-order valence-corrected chi connectivity index (χ2v) is 6.95. The van der Waals surface area contributed by atoms with Crippen molar-refractivity contribution in [2.75, 3.05) is 45.2 Å². The predicted octanol–water partition coefficient (Wildman–Crippen LogP) is 0.0346. The number of ether oxygens (including phenoxy) is 1. The zero-order valence-corrected chi connectivity index (χ0v) is 15.7. The van der Waals surface area contributed by atoms with Crippen LogP contribution in [0.15, 0.2) is 36.4 Å². The van der Waals surface area contributed by atoms with E-state index in [9.17, 15) is 18.0 Å². The van der Waals surface area contributed by atoms with Crippen LogP contribution in [0.4, 0.5) is 18.9 Å². The average Bonchev–Trinajstić information content (AvgIpc) is 2.67. The van der Waals surface area contributed by atoms with Crippen molar-refractivity contribution in [3.63, 3.8) is 0 Å². The first kappa shape index (κ1) is 20.2. The van der Waals surface area contributed by atoms with Gasteiger partial charge in [-0.25, -0.2) is 13.2 Å². The standard InChI is InChI=1S/C20H22F3N3O2/c1-28-18-6-5-15(21)11-14(18)12-25-7-9-26(10-8-25)13-19(27)24-20-16(22)3-2-4-17(20)23/h2-6,11H,7-10,12-13H2,1H3,(H,24,27)/p+2. The molecule has 1 fully saturated rings. The Hall–Kier alpha value is -2.58. The number of benzene rings is 2. The number of hydrogen-bond donors (Lipinski definition) is 3. The maximum Gasteiger partial charge on any atom is 0.279 e. The minimum Gasteiger partial charge on any atom is -0.496 e. The summed E-state index contributed by atoms with van der Waals surface area (Å²) in [4.78, 5) is 14.5. The molecule has 3 rings (SSSR count). The van der Waals surface area contributed by atoms with E-state index in [0.717, 1.165) is 48.8 Å². The topological polar surface area (TPSA) is 47.2 Å². The maximum atomic E-state index is 13.6. The smallest absolute Gasteiger partial charge is 0.279 e. The number of carbonyl (C=O) groups excluding carboxylic acids is 1. The number of anilines is 1. The molecule has 0 atom stereocenters. The molecule has 3 N–H and O–H groups in total. The van der Waals surface area contributed by atoms with Crippen molar-refractivity contribution >= 4 is 11.6 Å². The molecular formula is C20H24F3N3O2+2. The maximum absolute atomic E-state index is 13.6. The highest BCUT2D eigenvalue weighted by molar-refractivity contribution is 5.91. The van der Waals surface area contributed by atoms with Gasteiger partial charge in [-0.05, 0) is 30.3 Å². The highest BCUT2D eigenvalue weighted by atomic mass is 19.1. The molecule has 8 heteroatoms. The van der Waals surface area contributed by atoms with Crippen LogP contribution < -0.4 is 19.9 Å². The number of halogens is 3. The number of methoxy groups -OCH3 is 1. The van der Waals surface area contributed by atoms with E-state index in [-0.39, 0.29) is 12.4 Å². The van der Waals surface area contributed by atoms with Gasteiger partial charge in [0.25, 0.3) is 5.91 Å². The summed E-state index contributed by atoms with van der Waals surface area (Å²) in [7, 11) is 1.56. The van der Waals surface area contributed by atoms with Gasteiger partial charge in [-0.2, -0.15) is 0 Å². The Kier molecular flexibility index (Phi) is 6.53.